The van der Waals surface area contributed by atoms with E-state index in [1.165, 1.54) is 7.11 Å². The maximum Gasteiger partial charge on any atom is 0.356 e. The molecule has 0 saturated heterocycles. The van der Waals surface area contributed by atoms with Crippen molar-refractivity contribution in [2.75, 3.05) is 13.7 Å². The molecule has 5 nitrogen and oxygen atoms in total. The first-order valence-corrected chi connectivity index (χ1v) is 6.55. The second-order valence-electron chi connectivity index (χ2n) is 4.41. The molecule has 0 aliphatic heterocycles. The van der Waals surface area contributed by atoms with E-state index in [0.717, 1.165) is 5.56 Å². The maximum absolute atomic E-state index is 11.7. The predicted octanol–water partition coefficient (Wildman–Crippen LogP) is 2.30. The number of methoxy groups -OCH3 is 1. The van der Waals surface area contributed by atoms with E-state index in [2.05, 4.69) is 5.48 Å². The normalized spacial score (nSPS) is 10.1. The highest BCUT2D eigenvalue weighted by Crippen LogP contribution is 2.26. The first-order chi connectivity index (χ1) is 10.2. The van der Waals surface area contributed by atoms with Crippen LogP contribution in [-0.4, -0.2) is 24.7 Å². The molecule has 21 heavy (non-hydrogen) atoms. The third-order valence-electron chi connectivity index (χ3n) is 2.93. The highest BCUT2D eigenvalue weighted by atomic mass is 16.7. The average molecular weight is 287 g/mol. The molecule has 0 radical (unpaired) electrons. The number of carbonyl (C=O) groups is 1. The van der Waals surface area contributed by atoms with Crippen molar-refractivity contribution in [3.8, 4) is 11.5 Å². The molecule has 0 heterocycles. The van der Waals surface area contributed by atoms with Crippen LogP contribution in [-0.2, 0) is 11.3 Å². The van der Waals surface area contributed by atoms with Crippen LogP contribution < -0.4 is 10.2 Å². The van der Waals surface area contributed by atoms with E-state index in [4.69, 9.17) is 9.57 Å². The van der Waals surface area contributed by atoms with Crippen molar-refractivity contribution in [3.63, 3.8) is 0 Å². The third kappa shape index (κ3) is 4.22. The van der Waals surface area contributed by atoms with Gasteiger partial charge in [0, 0.05) is 6.54 Å². The second kappa shape index (κ2) is 7.31. The van der Waals surface area contributed by atoms with E-state index < -0.39 is 5.97 Å². The number of hydroxylamine groups is 1. The van der Waals surface area contributed by atoms with Crippen molar-refractivity contribution >= 4 is 5.97 Å². The van der Waals surface area contributed by atoms with E-state index in [9.17, 15) is 9.90 Å². The first kappa shape index (κ1) is 14.9. The molecule has 0 fully saturated rings. The topological polar surface area (TPSA) is 67.8 Å². The van der Waals surface area contributed by atoms with E-state index in [1.807, 2.05) is 6.07 Å². The van der Waals surface area contributed by atoms with Crippen LogP contribution in [0, 0.1) is 0 Å². The van der Waals surface area contributed by atoms with Crippen LogP contribution in [0.5, 0.6) is 11.5 Å². The van der Waals surface area contributed by atoms with Crippen LogP contribution in [0.4, 0.5) is 0 Å². The Morgan fingerprint density at radius 1 is 1.19 bits per heavy atom. The van der Waals surface area contributed by atoms with Gasteiger partial charge in [-0.05, 0) is 36.2 Å². The summed E-state index contributed by atoms with van der Waals surface area (Å²) in [7, 11) is 1.50. The van der Waals surface area contributed by atoms with Gasteiger partial charge in [0.15, 0.2) is 11.5 Å². The van der Waals surface area contributed by atoms with Gasteiger partial charge in [0.05, 0.1) is 12.7 Å². The lowest BCUT2D eigenvalue weighted by atomic mass is 10.1. The minimum absolute atomic E-state index is 0.102. The molecule has 0 aromatic heterocycles. The van der Waals surface area contributed by atoms with Crippen molar-refractivity contribution in [1.82, 2.24) is 5.48 Å². The van der Waals surface area contributed by atoms with Gasteiger partial charge in [-0.25, -0.2) is 4.79 Å². The van der Waals surface area contributed by atoms with Gasteiger partial charge >= 0.3 is 5.97 Å². The summed E-state index contributed by atoms with van der Waals surface area (Å²) >= 11 is 0. The van der Waals surface area contributed by atoms with Crippen LogP contribution in [0.15, 0.2) is 48.5 Å². The van der Waals surface area contributed by atoms with Gasteiger partial charge in [-0.2, -0.15) is 5.48 Å². The molecule has 0 unspecified atom stereocenters. The monoisotopic (exact) mass is 287 g/mol. The van der Waals surface area contributed by atoms with E-state index in [1.54, 1.807) is 42.5 Å². The molecule has 110 valence electrons. The van der Waals surface area contributed by atoms with Crippen molar-refractivity contribution in [2.24, 2.45) is 0 Å². The van der Waals surface area contributed by atoms with Gasteiger partial charge < -0.3 is 14.7 Å². The fraction of sp³-hybridized carbons (Fsp3) is 0.188. The Balaban J connectivity index is 1.78. The molecule has 2 aromatic rings. The standard InChI is InChI=1S/C16H17NO4/c1-20-15-11-12(7-8-14(15)18)9-10-17-21-16(19)13-5-3-2-4-6-13/h2-8,11,17-18H,9-10H2,1H3. The molecule has 2 aromatic carbocycles. The fourth-order valence-corrected chi connectivity index (χ4v) is 1.82. The second-order valence-corrected chi connectivity index (χ2v) is 4.41. The van der Waals surface area contributed by atoms with Gasteiger partial charge in [-0.1, -0.05) is 24.3 Å². The van der Waals surface area contributed by atoms with Gasteiger partial charge in [0.1, 0.15) is 0 Å². The zero-order valence-electron chi connectivity index (χ0n) is 11.7. The van der Waals surface area contributed by atoms with Crippen LogP contribution in [0.3, 0.4) is 0 Å². The Labute approximate surface area is 123 Å². The lowest BCUT2D eigenvalue weighted by Crippen LogP contribution is -2.22. The Bertz CT molecular complexity index is 598. The molecule has 0 bridgehead atoms. The number of hydrogen-bond donors (Lipinski definition) is 2. The molecule has 0 spiro atoms. The minimum atomic E-state index is -0.418. The number of hydrogen-bond acceptors (Lipinski definition) is 5. The molecule has 0 saturated carbocycles. The van der Waals surface area contributed by atoms with Gasteiger partial charge in [0.2, 0.25) is 0 Å². The number of phenols is 1. The number of nitrogens with one attached hydrogen (secondary N) is 1. The number of rotatable bonds is 6. The van der Waals surface area contributed by atoms with Crippen molar-refractivity contribution in [2.45, 2.75) is 6.42 Å². The number of carbonyl (C=O) groups excluding carboxylic acids is 1. The van der Waals surface area contributed by atoms with Crippen molar-refractivity contribution in [1.29, 1.82) is 0 Å². The molecule has 0 aliphatic carbocycles. The largest absolute Gasteiger partial charge is 0.504 e. The highest BCUT2D eigenvalue weighted by molar-refractivity contribution is 5.89. The van der Waals surface area contributed by atoms with Crippen LogP contribution in [0.2, 0.25) is 0 Å². The molecule has 0 amide bonds. The molecular weight excluding hydrogens is 270 g/mol. The number of phenolic OH excluding ortho intramolecular Hbond substituents is 1. The van der Waals surface area contributed by atoms with Crippen LogP contribution in [0.25, 0.3) is 0 Å². The molecular formula is C16H17NO4. The molecule has 0 aliphatic rings. The zero-order chi connectivity index (χ0) is 15.1. The molecule has 2 N–H and O–H groups in total. The zero-order valence-corrected chi connectivity index (χ0v) is 11.7. The number of ether oxygens (including phenoxy) is 1. The summed E-state index contributed by atoms with van der Waals surface area (Å²) in [6.45, 7) is 0.465. The Kier molecular flexibility index (Phi) is 5.17. The van der Waals surface area contributed by atoms with Gasteiger partial charge in [-0.15, -0.1) is 0 Å². The van der Waals surface area contributed by atoms with Crippen LogP contribution in [0.1, 0.15) is 15.9 Å². The number of aromatic hydroxyl groups is 1. The minimum Gasteiger partial charge on any atom is -0.504 e. The van der Waals surface area contributed by atoms with E-state index >= 15 is 0 Å². The number of benzene rings is 2. The van der Waals surface area contributed by atoms with Crippen LogP contribution >= 0.6 is 0 Å². The summed E-state index contributed by atoms with van der Waals surface area (Å²) in [5.74, 6) is 0.109. The van der Waals surface area contributed by atoms with Crippen molar-refractivity contribution in [3.05, 3.63) is 59.7 Å². The van der Waals surface area contributed by atoms with Gasteiger partial charge in [0.25, 0.3) is 0 Å². The first-order valence-electron chi connectivity index (χ1n) is 6.55. The third-order valence-corrected chi connectivity index (χ3v) is 2.93. The summed E-state index contributed by atoms with van der Waals surface area (Å²) in [6.07, 6.45) is 0.638. The van der Waals surface area contributed by atoms with E-state index in [-0.39, 0.29) is 5.75 Å². The lowest BCUT2D eigenvalue weighted by Gasteiger charge is -2.08. The molecule has 5 heteroatoms. The summed E-state index contributed by atoms with van der Waals surface area (Å²) in [5.41, 5.74) is 4.09. The van der Waals surface area contributed by atoms with E-state index in [0.29, 0.717) is 24.3 Å². The maximum atomic E-state index is 11.7. The molecule has 0 atom stereocenters. The summed E-state index contributed by atoms with van der Waals surface area (Å²) in [5, 5.41) is 9.50. The molecule has 2 rings (SSSR count). The lowest BCUT2D eigenvalue weighted by molar-refractivity contribution is 0.0256. The average Bonchev–Trinajstić information content (AvgIpc) is 2.53. The fourth-order valence-electron chi connectivity index (χ4n) is 1.82. The Morgan fingerprint density at radius 2 is 1.95 bits per heavy atom. The highest BCUT2D eigenvalue weighted by Gasteiger charge is 2.06. The van der Waals surface area contributed by atoms with Crippen molar-refractivity contribution < 1.29 is 19.5 Å². The smallest absolute Gasteiger partial charge is 0.356 e. The summed E-state index contributed by atoms with van der Waals surface area (Å²) in [4.78, 5) is 16.6. The SMILES string of the molecule is COc1cc(CCNOC(=O)c2ccccc2)ccc1O. The summed E-state index contributed by atoms with van der Waals surface area (Å²) < 4.78 is 5.03. The quantitative estimate of drug-likeness (QED) is 0.630. The van der Waals surface area contributed by atoms with Gasteiger partial charge in [-0.3, -0.25) is 0 Å². The Hall–Kier alpha value is -2.53. The summed E-state index contributed by atoms with van der Waals surface area (Å²) in [6, 6.07) is 13.9. The Morgan fingerprint density at radius 3 is 2.67 bits per heavy atom. The predicted molar refractivity (Wildman–Crippen MR) is 78.2 cm³/mol.